The number of para-hydroxylation sites is 1. The molecule has 2 aliphatic rings. The molecule has 50 heavy (non-hydrogen) atoms. The monoisotopic (exact) mass is 643 g/mol. The van der Waals surface area contributed by atoms with Gasteiger partial charge in [0.25, 0.3) is 0 Å². The van der Waals surface area contributed by atoms with Crippen LogP contribution in [0.4, 0.5) is 0 Å². The lowest BCUT2D eigenvalue weighted by atomic mass is 9.79. The van der Waals surface area contributed by atoms with Crippen LogP contribution in [0.3, 0.4) is 0 Å². The number of hydrogen-bond acceptors (Lipinski definition) is 2. The zero-order chi connectivity index (χ0) is 33.4. The molecule has 2 atom stereocenters. The van der Waals surface area contributed by atoms with Crippen molar-refractivity contribution in [2.24, 2.45) is 4.99 Å². The third-order valence-electron chi connectivity index (χ3n) is 10.8. The van der Waals surface area contributed by atoms with E-state index in [1.807, 2.05) is 24.3 Å². The number of aromatic nitrogens is 1. The number of rotatable bonds is 4. The Balaban J connectivity index is 1.17. The summed E-state index contributed by atoms with van der Waals surface area (Å²) in [6.45, 7) is 4.77. The maximum Gasteiger partial charge on any atom is 0.0625 e. The van der Waals surface area contributed by atoms with Gasteiger partial charge >= 0.3 is 0 Å². The van der Waals surface area contributed by atoms with Crippen molar-refractivity contribution in [2.75, 3.05) is 0 Å². The molecule has 1 aromatic heterocycles. The van der Waals surface area contributed by atoms with Gasteiger partial charge < -0.3 is 20.2 Å². The predicted molar refractivity (Wildman–Crippen MR) is 207 cm³/mol. The normalized spacial score (nSPS) is 17.8. The molecule has 7 aromatic carbocycles. The molecule has 1 aliphatic heterocycles. The van der Waals surface area contributed by atoms with E-state index in [1.54, 1.807) is 0 Å². The van der Waals surface area contributed by atoms with Crippen LogP contribution in [0.1, 0.15) is 54.0 Å². The molecule has 8 aromatic rings. The van der Waals surface area contributed by atoms with E-state index in [9.17, 15) is 0 Å². The minimum absolute atomic E-state index is 0.111. The van der Waals surface area contributed by atoms with Crippen molar-refractivity contribution in [3.8, 4) is 16.8 Å². The third-order valence-corrected chi connectivity index (χ3v) is 10.8. The molecule has 0 bridgehead atoms. The number of amidine groups is 1. The quantitative estimate of drug-likeness (QED) is 0.204. The molecule has 0 saturated carbocycles. The summed E-state index contributed by atoms with van der Waals surface area (Å²) in [6, 6.07) is 56.5. The second-order valence-electron chi connectivity index (χ2n) is 14.0. The van der Waals surface area contributed by atoms with Gasteiger partial charge in [0, 0.05) is 39.6 Å². The van der Waals surface area contributed by atoms with Gasteiger partial charge in [-0.25, -0.2) is 0 Å². The first-order valence-corrected chi connectivity index (χ1v) is 17.4. The number of fused-ring (bicyclic) bond motifs is 10. The van der Waals surface area contributed by atoms with Crippen LogP contribution in [0.25, 0.3) is 54.7 Å². The number of benzene rings is 7. The van der Waals surface area contributed by atoms with E-state index in [0.29, 0.717) is 0 Å². The number of nitrogens with zero attached hydrogens (tertiary/aromatic N) is 3. The van der Waals surface area contributed by atoms with Crippen molar-refractivity contribution in [1.82, 2.24) is 9.88 Å². The molecule has 10 rings (SSSR count). The number of nitrogens with one attached hydrogen (secondary N) is 1. The van der Waals surface area contributed by atoms with Crippen LogP contribution in [0.5, 0.6) is 0 Å². The summed E-state index contributed by atoms with van der Waals surface area (Å²) in [7, 11) is 0. The van der Waals surface area contributed by atoms with E-state index in [0.717, 1.165) is 28.2 Å². The molecule has 240 valence electrons. The minimum Gasteiger partial charge on any atom is -0.445 e. The van der Waals surface area contributed by atoms with Gasteiger partial charge in [0.05, 0.1) is 11.0 Å². The van der Waals surface area contributed by atoms with Crippen molar-refractivity contribution >= 4 is 38.4 Å². The van der Waals surface area contributed by atoms with Gasteiger partial charge in [0.2, 0.25) is 0 Å². The van der Waals surface area contributed by atoms with Crippen molar-refractivity contribution in [1.29, 1.82) is 0 Å². The van der Waals surface area contributed by atoms with Crippen LogP contribution >= 0.6 is 0 Å². The zero-order valence-corrected chi connectivity index (χ0v) is 28.0. The Morgan fingerprint density at radius 3 is 2.04 bits per heavy atom. The Labute approximate surface area is 291 Å². The summed E-state index contributed by atoms with van der Waals surface area (Å²) in [5.41, 5.74) is 12.2. The smallest absolute Gasteiger partial charge is 0.0625 e. The molecule has 2 unspecified atom stereocenters. The van der Waals surface area contributed by atoms with Crippen molar-refractivity contribution in [3.05, 3.63) is 191 Å². The van der Waals surface area contributed by atoms with Gasteiger partial charge in [-0.1, -0.05) is 159 Å². The highest BCUT2D eigenvalue weighted by Gasteiger charge is 2.39. The summed E-state index contributed by atoms with van der Waals surface area (Å²) in [4.78, 5) is 5.14. The van der Waals surface area contributed by atoms with E-state index in [-0.39, 0.29) is 17.7 Å². The Morgan fingerprint density at radius 2 is 1.26 bits per heavy atom. The summed E-state index contributed by atoms with van der Waals surface area (Å²) < 4.78 is 2.47. The van der Waals surface area contributed by atoms with Gasteiger partial charge in [-0.3, -0.25) is 0 Å². The summed E-state index contributed by atoms with van der Waals surface area (Å²) >= 11 is 0. The van der Waals surface area contributed by atoms with Crippen molar-refractivity contribution in [2.45, 2.75) is 31.6 Å². The standard InChI is InChI=1S/C46H35N4/c1-46(2)37-23-13-11-21-35(37)39-40-36-22-12-14-24-38(36)50(42(40)34-20-10-9-19-33(34)41(39)46)32-27-25-31(26-28-32)45-48-43(29-15-5-3-6-16-29)47-44(49-45)30-17-7-4-8-18-30/h3-28,43,45,48H,1-2H3/q-1. The second kappa shape index (κ2) is 11.0. The summed E-state index contributed by atoms with van der Waals surface area (Å²) in [5.74, 6) is 0.762. The fraction of sp³-hybridized carbons (Fsp3) is 0.109. The van der Waals surface area contributed by atoms with Crippen LogP contribution < -0.4 is 5.32 Å². The number of hydrogen-bond donors (Lipinski definition) is 1. The first-order chi connectivity index (χ1) is 24.6. The average Bonchev–Trinajstić information content (AvgIpc) is 3.65. The topological polar surface area (TPSA) is 43.4 Å². The number of aliphatic imine (C=N–C) groups is 1. The van der Waals surface area contributed by atoms with E-state index in [4.69, 9.17) is 10.3 Å². The van der Waals surface area contributed by atoms with E-state index in [1.165, 1.54) is 54.8 Å². The Kier molecular flexibility index (Phi) is 6.39. The van der Waals surface area contributed by atoms with E-state index >= 15 is 0 Å². The Morgan fingerprint density at radius 1 is 0.620 bits per heavy atom. The molecule has 2 heterocycles. The summed E-state index contributed by atoms with van der Waals surface area (Å²) in [5, 5.41) is 14.0. The van der Waals surface area contributed by atoms with Gasteiger partial charge in [-0.15, -0.1) is 0 Å². The van der Waals surface area contributed by atoms with Crippen LogP contribution in [-0.2, 0) is 5.41 Å². The van der Waals surface area contributed by atoms with Crippen LogP contribution in [0.2, 0.25) is 0 Å². The molecular formula is C46H35N4-. The SMILES string of the molecule is CC1(C)c2ccccc2-c2c1c1ccccc1c1c2c2ccccc2n1-c1ccc(C2N=C(c3ccccc3)[N-]C(c3ccccc3)N2)cc1. The molecule has 1 aliphatic carbocycles. The molecule has 0 spiro atoms. The van der Waals surface area contributed by atoms with Gasteiger partial charge in [0.1, 0.15) is 0 Å². The maximum absolute atomic E-state index is 5.14. The fourth-order valence-electron chi connectivity index (χ4n) is 8.50. The highest BCUT2D eigenvalue weighted by Crippen LogP contribution is 2.56. The van der Waals surface area contributed by atoms with Crippen LogP contribution in [0, 0.1) is 0 Å². The highest BCUT2D eigenvalue weighted by atomic mass is 15.3. The van der Waals surface area contributed by atoms with Crippen molar-refractivity contribution < 1.29 is 0 Å². The zero-order valence-electron chi connectivity index (χ0n) is 28.0. The van der Waals surface area contributed by atoms with Crippen LogP contribution in [0.15, 0.2) is 163 Å². The first-order valence-electron chi connectivity index (χ1n) is 17.4. The van der Waals surface area contributed by atoms with Gasteiger partial charge in [-0.05, 0) is 62.5 Å². The predicted octanol–water partition coefficient (Wildman–Crippen LogP) is 11.4. The third kappa shape index (κ3) is 4.25. The van der Waals surface area contributed by atoms with E-state index < -0.39 is 0 Å². The molecule has 1 N–H and O–H groups in total. The molecule has 4 heteroatoms. The lowest BCUT2D eigenvalue weighted by Crippen LogP contribution is -2.31. The Hall–Kier alpha value is -5.97. The van der Waals surface area contributed by atoms with E-state index in [2.05, 4.69) is 157 Å². The first kappa shape index (κ1) is 29.0. The lowest BCUT2D eigenvalue weighted by molar-refractivity contribution is 0.488. The maximum atomic E-state index is 5.14. The molecule has 0 amide bonds. The largest absolute Gasteiger partial charge is 0.445 e. The fourth-order valence-corrected chi connectivity index (χ4v) is 8.50. The molecular weight excluding hydrogens is 609 g/mol. The molecule has 0 radical (unpaired) electrons. The minimum atomic E-state index is -0.247. The van der Waals surface area contributed by atoms with Crippen molar-refractivity contribution in [3.63, 3.8) is 0 Å². The molecule has 4 nitrogen and oxygen atoms in total. The highest BCUT2D eigenvalue weighted by molar-refractivity contribution is 6.26. The summed E-state index contributed by atoms with van der Waals surface area (Å²) in [6.07, 6.45) is -0.450. The molecule has 0 saturated heterocycles. The van der Waals surface area contributed by atoms with Crippen LogP contribution in [-0.4, -0.2) is 10.4 Å². The van der Waals surface area contributed by atoms with Gasteiger partial charge in [0.15, 0.2) is 0 Å². The second-order valence-corrected chi connectivity index (χ2v) is 14.0. The average molecular weight is 644 g/mol. The van der Waals surface area contributed by atoms with Gasteiger partial charge in [-0.2, -0.15) is 0 Å². The Bertz CT molecular complexity index is 2610. The lowest BCUT2D eigenvalue weighted by Gasteiger charge is -2.40. The molecule has 0 fully saturated rings.